The quantitative estimate of drug-likeness (QED) is 0.277. The Kier molecular flexibility index (Phi) is 5.81. The van der Waals surface area contributed by atoms with Crippen LogP contribution in [0, 0.1) is 39.0 Å². The highest BCUT2D eigenvalue weighted by atomic mass is 15.1. The van der Waals surface area contributed by atoms with Crippen LogP contribution in [0.5, 0.6) is 0 Å². The van der Waals surface area contributed by atoms with E-state index in [1.165, 1.54) is 33.4 Å². The Bertz CT molecular complexity index is 1490. The molecule has 1 heterocycles. The summed E-state index contributed by atoms with van der Waals surface area (Å²) in [6.07, 6.45) is 3.85. The van der Waals surface area contributed by atoms with Crippen LogP contribution >= 0.6 is 0 Å². The minimum atomic E-state index is 0.620. The van der Waals surface area contributed by atoms with Gasteiger partial charge in [0.25, 0.3) is 0 Å². The maximum absolute atomic E-state index is 9.46. The topological polar surface area (TPSA) is 41.6 Å². The number of hydrogen-bond acceptors (Lipinski definition) is 2. The highest BCUT2D eigenvalue weighted by molar-refractivity contribution is 5.87. The van der Waals surface area contributed by atoms with Gasteiger partial charge in [0.1, 0.15) is 5.82 Å². The van der Waals surface area contributed by atoms with E-state index in [9.17, 15) is 5.26 Å². The average Bonchev–Trinajstić information content (AvgIpc) is 3.32. The lowest BCUT2D eigenvalue weighted by Gasteiger charge is -2.20. The van der Waals surface area contributed by atoms with Gasteiger partial charge in [-0.15, -0.1) is 0 Å². The normalized spacial score (nSPS) is 10.8. The van der Waals surface area contributed by atoms with Crippen molar-refractivity contribution in [2.45, 2.75) is 27.7 Å². The molecule has 0 radical (unpaired) electrons. The van der Waals surface area contributed by atoms with Crippen molar-refractivity contribution in [1.29, 1.82) is 5.26 Å². The van der Waals surface area contributed by atoms with E-state index in [1.54, 1.807) is 0 Å². The first-order valence-electron chi connectivity index (χ1n) is 11.8. The minimum Gasteiger partial charge on any atom is -0.299 e. The molecule has 0 unspecified atom stereocenters. The molecule has 5 rings (SSSR count). The van der Waals surface area contributed by atoms with Crippen molar-refractivity contribution in [3.63, 3.8) is 0 Å². The summed E-state index contributed by atoms with van der Waals surface area (Å²) in [4.78, 5) is 4.73. The molecule has 0 aliphatic carbocycles. The highest BCUT2D eigenvalue weighted by Gasteiger charge is 2.18. The first-order chi connectivity index (χ1) is 16.9. The number of nitrogens with zero attached hydrogens (tertiary/aromatic N) is 3. The van der Waals surface area contributed by atoms with Gasteiger partial charge in [0.2, 0.25) is 0 Å². The largest absolute Gasteiger partial charge is 0.299 e. The van der Waals surface area contributed by atoms with Gasteiger partial charge < -0.3 is 0 Å². The summed E-state index contributed by atoms with van der Waals surface area (Å²) in [6, 6.07) is 29.8. The van der Waals surface area contributed by atoms with E-state index in [1.807, 2.05) is 36.7 Å². The molecule has 0 bridgehead atoms. The summed E-state index contributed by atoms with van der Waals surface area (Å²) in [6.45, 7) is 8.56. The lowest BCUT2D eigenvalue weighted by molar-refractivity contribution is 1.07. The molecule has 0 aliphatic heterocycles. The van der Waals surface area contributed by atoms with Gasteiger partial charge in [0.15, 0.2) is 0 Å². The van der Waals surface area contributed by atoms with Crippen LogP contribution < -0.4 is 0 Å². The molecule has 0 aliphatic rings. The average molecular weight is 454 g/mol. The van der Waals surface area contributed by atoms with Gasteiger partial charge in [0.05, 0.1) is 17.3 Å². The second-order valence-electron chi connectivity index (χ2n) is 9.27. The molecule has 0 amide bonds. The minimum absolute atomic E-state index is 0.620. The van der Waals surface area contributed by atoms with Gasteiger partial charge in [-0.1, -0.05) is 89.0 Å². The van der Waals surface area contributed by atoms with E-state index in [0.717, 1.165) is 28.2 Å². The molecular weight excluding hydrogens is 426 g/mol. The van der Waals surface area contributed by atoms with E-state index in [2.05, 4.69) is 92.9 Å². The van der Waals surface area contributed by atoms with Gasteiger partial charge >= 0.3 is 0 Å². The van der Waals surface area contributed by atoms with Crippen molar-refractivity contribution in [2.24, 2.45) is 0 Å². The van der Waals surface area contributed by atoms with Gasteiger partial charge in [-0.2, -0.15) is 5.26 Å². The zero-order chi connectivity index (χ0) is 24.5. The van der Waals surface area contributed by atoms with E-state index < -0.39 is 0 Å². The van der Waals surface area contributed by atoms with E-state index >= 15 is 0 Å². The third-order valence-corrected chi connectivity index (χ3v) is 6.23. The van der Waals surface area contributed by atoms with Crippen molar-refractivity contribution >= 4 is 0 Å². The Hall–Kier alpha value is -4.42. The van der Waals surface area contributed by atoms with Crippen LogP contribution in [0.3, 0.4) is 0 Å². The molecular formula is C32H27N3. The standard InChI is InChI=1S/C32H27N3/c1-21-13-22(2)16-27(15-21)29-9-6-10-30(28-17-23(3)14-24(4)18-28)31(29)35-12-11-34-32(35)26-8-5-7-25(19-26)20-33/h5-19H,1-4H3. The van der Waals surface area contributed by atoms with Crippen LogP contribution in [-0.2, 0) is 0 Å². The maximum atomic E-state index is 9.46. The van der Waals surface area contributed by atoms with Crippen molar-refractivity contribution in [2.75, 3.05) is 0 Å². The molecule has 0 N–H and O–H groups in total. The molecule has 4 aromatic carbocycles. The number of hydrogen-bond donors (Lipinski definition) is 0. The molecule has 0 spiro atoms. The molecule has 5 aromatic rings. The number of benzene rings is 4. The second kappa shape index (κ2) is 9.08. The molecule has 170 valence electrons. The third kappa shape index (κ3) is 4.39. The monoisotopic (exact) mass is 453 g/mol. The highest BCUT2D eigenvalue weighted by Crippen LogP contribution is 2.39. The van der Waals surface area contributed by atoms with Gasteiger partial charge in [-0.25, -0.2) is 4.98 Å². The summed E-state index contributed by atoms with van der Waals surface area (Å²) in [5.74, 6) is 0.810. The number of nitriles is 1. The van der Waals surface area contributed by atoms with Gasteiger partial charge in [0, 0.05) is 29.1 Å². The van der Waals surface area contributed by atoms with Crippen LogP contribution in [0.15, 0.2) is 91.3 Å². The lowest BCUT2D eigenvalue weighted by Crippen LogP contribution is -2.02. The zero-order valence-electron chi connectivity index (χ0n) is 20.5. The number of rotatable bonds is 4. The summed E-state index contributed by atoms with van der Waals surface area (Å²) in [5, 5.41) is 9.46. The Morgan fingerprint density at radius 2 is 1.20 bits per heavy atom. The van der Waals surface area contributed by atoms with Crippen LogP contribution in [0.1, 0.15) is 27.8 Å². The van der Waals surface area contributed by atoms with Crippen LogP contribution in [-0.4, -0.2) is 9.55 Å². The second-order valence-corrected chi connectivity index (χ2v) is 9.27. The van der Waals surface area contributed by atoms with E-state index in [-0.39, 0.29) is 0 Å². The summed E-state index contributed by atoms with van der Waals surface area (Å²) in [5.41, 5.74) is 12.2. The Morgan fingerprint density at radius 3 is 1.74 bits per heavy atom. The summed E-state index contributed by atoms with van der Waals surface area (Å²) in [7, 11) is 0. The number of aryl methyl sites for hydroxylation is 4. The van der Waals surface area contributed by atoms with Gasteiger partial charge in [-0.3, -0.25) is 4.57 Å². The smallest absolute Gasteiger partial charge is 0.144 e. The fourth-order valence-corrected chi connectivity index (χ4v) is 4.95. The summed E-state index contributed by atoms with van der Waals surface area (Å²) < 4.78 is 2.16. The van der Waals surface area contributed by atoms with Crippen molar-refractivity contribution in [1.82, 2.24) is 9.55 Å². The molecule has 0 saturated carbocycles. The molecule has 35 heavy (non-hydrogen) atoms. The van der Waals surface area contributed by atoms with E-state index in [0.29, 0.717) is 5.56 Å². The lowest BCUT2D eigenvalue weighted by atomic mass is 9.92. The van der Waals surface area contributed by atoms with Gasteiger partial charge in [-0.05, 0) is 51.0 Å². The fourth-order valence-electron chi connectivity index (χ4n) is 4.95. The predicted octanol–water partition coefficient (Wildman–Crippen LogP) is 7.98. The number of aromatic nitrogens is 2. The molecule has 0 fully saturated rings. The van der Waals surface area contributed by atoms with Crippen molar-refractivity contribution in [3.05, 3.63) is 119 Å². The first kappa shape index (κ1) is 22.4. The van der Waals surface area contributed by atoms with Crippen LogP contribution in [0.4, 0.5) is 0 Å². The fraction of sp³-hybridized carbons (Fsp3) is 0.125. The van der Waals surface area contributed by atoms with Crippen molar-refractivity contribution < 1.29 is 0 Å². The van der Waals surface area contributed by atoms with Crippen LogP contribution in [0.2, 0.25) is 0 Å². The summed E-state index contributed by atoms with van der Waals surface area (Å²) >= 11 is 0. The molecule has 3 nitrogen and oxygen atoms in total. The molecule has 1 aromatic heterocycles. The Balaban J connectivity index is 1.84. The number of imidazole rings is 1. The van der Waals surface area contributed by atoms with E-state index in [4.69, 9.17) is 4.98 Å². The number of para-hydroxylation sites is 1. The van der Waals surface area contributed by atoms with Crippen LogP contribution in [0.25, 0.3) is 39.3 Å². The molecule has 3 heteroatoms. The molecule has 0 saturated heterocycles. The Morgan fingerprint density at radius 1 is 0.657 bits per heavy atom. The molecule has 0 atom stereocenters. The first-order valence-corrected chi connectivity index (χ1v) is 11.8. The Labute approximate surface area is 207 Å². The maximum Gasteiger partial charge on any atom is 0.144 e. The van der Waals surface area contributed by atoms with Crippen molar-refractivity contribution in [3.8, 4) is 45.4 Å². The third-order valence-electron chi connectivity index (χ3n) is 6.23. The predicted molar refractivity (Wildman–Crippen MR) is 144 cm³/mol. The SMILES string of the molecule is Cc1cc(C)cc(-c2cccc(-c3cc(C)cc(C)c3)c2-n2ccnc2-c2cccc(C#N)c2)c1. The zero-order valence-corrected chi connectivity index (χ0v) is 20.5.